The fourth-order valence-electron chi connectivity index (χ4n) is 2.76. The monoisotopic (exact) mass is 409 g/mol. The van der Waals surface area contributed by atoms with Crippen LogP contribution >= 0.6 is 11.8 Å². The number of aromatic nitrogens is 5. The lowest BCUT2D eigenvalue weighted by atomic mass is 10.2. The minimum Gasteiger partial charge on any atom is -0.497 e. The molecular weight excluding hydrogens is 390 g/mol. The normalized spacial score (nSPS) is 12.1. The van der Waals surface area contributed by atoms with Gasteiger partial charge < -0.3 is 9.15 Å². The second kappa shape index (κ2) is 8.36. The fraction of sp³-hybridized carbons (Fsp3) is 0.200. The molecule has 148 valence electrons. The van der Waals surface area contributed by atoms with Crippen LogP contribution in [-0.2, 0) is 6.54 Å². The number of hydrogen-bond donors (Lipinski definition) is 1. The molecule has 0 spiro atoms. The third kappa shape index (κ3) is 4.24. The molecule has 29 heavy (non-hydrogen) atoms. The SMILES string of the molecule is COc1ccc(-c2nnc(C(C)Sc3n[nH]c(=O)n3Cc3ccccc3)o2)cc1. The van der Waals surface area contributed by atoms with Crippen LogP contribution in [-0.4, -0.2) is 32.1 Å². The average Bonchev–Trinajstić information content (AvgIpc) is 3.38. The second-order valence-corrected chi connectivity index (χ2v) is 7.63. The number of nitrogens with one attached hydrogen (secondary N) is 1. The van der Waals surface area contributed by atoms with Gasteiger partial charge in [-0.15, -0.1) is 15.3 Å². The van der Waals surface area contributed by atoms with E-state index in [1.54, 1.807) is 11.7 Å². The summed E-state index contributed by atoms with van der Waals surface area (Å²) in [4.78, 5) is 12.2. The van der Waals surface area contributed by atoms with Crippen molar-refractivity contribution in [2.45, 2.75) is 23.9 Å². The van der Waals surface area contributed by atoms with Crippen molar-refractivity contribution >= 4 is 11.8 Å². The van der Waals surface area contributed by atoms with Crippen molar-refractivity contribution in [2.75, 3.05) is 7.11 Å². The molecule has 2 aromatic carbocycles. The van der Waals surface area contributed by atoms with Gasteiger partial charge >= 0.3 is 5.69 Å². The highest BCUT2D eigenvalue weighted by atomic mass is 32.2. The zero-order chi connectivity index (χ0) is 20.2. The minimum absolute atomic E-state index is 0.181. The summed E-state index contributed by atoms with van der Waals surface area (Å²) in [7, 11) is 1.62. The summed E-state index contributed by atoms with van der Waals surface area (Å²) in [5, 5.41) is 15.3. The zero-order valence-corrected chi connectivity index (χ0v) is 16.7. The minimum atomic E-state index is -0.256. The molecule has 0 fully saturated rings. The summed E-state index contributed by atoms with van der Waals surface area (Å²) in [5.41, 5.74) is 1.57. The Morgan fingerprint density at radius 3 is 2.62 bits per heavy atom. The van der Waals surface area contributed by atoms with E-state index in [4.69, 9.17) is 9.15 Å². The first-order chi connectivity index (χ1) is 14.1. The van der Waals surface area contributed by atoms with Crippen LogP contribution in [0, 0.1) is 0 Å². The molecule has 0 aliphatic rings. The number of aromatic amines is 1. The van der Waals surface area contributed by atoms with Crippen LogP contribution in [0.25, 0.3) is 11.5 Å². The molecule has 0 saturated carbocycles. The van der Waals surface area contributed by atoms with Gasteiger partial charge in [-0.3, -0.25) is 4.57 Å². The molecule has 9 heteroatoms. The standard InChI is InChI=1S/C20H19N5O3S/c1-13(17-21-22-18(28-17)15-8-10-16(27-2)11-9-15)29-20-24-23-19(26)25(20)12-14-6-4-3-5-7-14/h3-11,13H,12H2,1-2H3,(H,23,26). The maximum atomic E-state index is 12.2. The molecule has 8 nitrogen and oxygen atoms in total. The summed E-state index contributed by atoms with van der Waals surface area (Å²) < 4.78 is 12.6. The Morgan fingerprint density at radius 2 is 1.90 bits per heavy atom. The molecule has 0 amide bonds. The van der Waals surface area contributed by atoms with Gasteiger partial charge in [0.05, 0.1) is 18.9 Å². The highest BCUT2D eigenvalue weighted by Gasteiger charge is 2.20. The predicted octanol–water partition coefficient (Wildman–Crippen LogP) is 3.53. The lowest BCUT2D eigenvalue weighted by Gasteiger charge is -2.08. The van der Waals surface area contributed by atoms with Crippen LogP contribution < -0.4 is 10.4 Å². The van der Waals surface area contributed by atoms with Gasteiger partial charge in [0.1, 0.15) is 5.75 Å². The molecule has 1 atom stereocenters. The van der Waals surface area contributed by atoms with E-state index in [0.717, 1.165) is 16.9 Å². The van der Waals surface area contributed by atoms with E-state index in [2.05, 4.69) is 20.4 Å². The number of rotatable bonds is 7. The van der Waals surface area contributed by atoms with Crippen molar-refractivity contribution in [1.82, 2.24) is 25.0 Å². The summed E-state index contributed by atoms with van der Waals surface area (Å²) in [6.45, 7) is 2.37. The highest BCUT2D eigenvalue weighted by Crippen LogP contribution is 2.34. The van der Waals surface area contributed by atoms with Gasteiger partial charge in [0.2, 0.25) is 11.8 Å². The molecule has 0 saturated heterocycles. The van der Waals surface area contributed by atoms with Gasteiger partial charge in [-0.2, -0.15) is 0 Å². The molecule has 1 N–H and O–H groups in total. The molecule has 0 aliphatic heterocycles. The molecule has 1 unspecified atom stereocenters. The third-order valence-corrected chi connectivity index (χ3v) is 5.39. The molecule has 2 aromatic heterocycles. The third-order valence-electron chi connectivity index (χ3n) is 4.31. The summed E-state index contributed by atoms with van der Waals surface area (Å²) in [6.07, 6.45) is 0. The Bertz CT molecular complexity index is 1130. The predicted molar refractivity (Wildman–Crippen MR) is 109 cm³/mol. The summed E-state index contributed by atoms with van der Waals surface area (Å²) in [5.74, 6) is 1.65. The van der Waals surface area contributed by atoms with Crippen LogP contribution in [0.3, 0.4) is 0 Å². The first-order valence-electron chi connectivity index (χ1n) is 8.97. The number of nitrogens with zero attached hydrogens (tertiary/aromatic N) is 4. The number of hydrogen-bond acceptors (Lipinski definition) is 7. The van der Waals surface area contributed by atoms with Crippen LogP contribution in [0.15, 0.2) is 69.0 Å². The topological polar surface area (TPSA) is 98.8 Å². The van der Waals surface area contributed by atoms with Crippen molar-refractivity contribution in [3.05, 3.63) is 76.5 Å². The number of benzene rings is 2. The van der Waals surface area contributed by atoms with Crippen LogP contribution in [0.1, 0.15) is 23.6 Å². The maximum absolute atomic E-state index is 12.2. The number of ether oxygens (including phenoxy) is 1. The maximum Gasteiger partial charge on any atom is 0.344 e. The molecule has 2 heterocycles. The van der Waals surface area contributed by atoms with Crippen molar-refractivity contribution in [1.29, 1.82) is 0 Å². The number of methoxy groups -OCH3 is 1. The van der Waals surface area contributed by atoms with Gasteiger partial charge in [-0.25, -0.2) is 9.89 Å². The molecular formula is C20H19N5O3S. The van der Waals surface area contributed by atoms with E-state index in [1.807, 2.05) is 61.5 Å². The van der Waals surface area contributed by atoms with Crippen LogP contribution in [0.5, 0.6) is 5.75 Å². The molecule has 0 aliphatic carbocycles. The van der Waals surface area contributed by atoms with Gasteiger partial charge in [0, 0.05) is 5.56 Å². The van der Waals surface area contributed by atoms with Gasteiger partial charge in [0.15, 0.2) is 5.16 Å². The van der Waals surface area contributed by atoms with E-state index in [1.165, 1.54) is 11.8 Å². The Kier molecular flexibility index (Phi) is 5.48. The molecule has 0 bridgehead atoms. The van der Waals surface area contributed by atoms with E-state index >= 15 is 0 Å². The molecule has 4 aromatic rings. The Balaban J connectivity index is 1.51. The fourth-order valence-corrected chi connectivity index (χ4v) is 3.64. The summed E-state index contributed by atoms with van der Waals surface area (Å²) >= 11 is 1.38. The average molecular weight is 409 g/mol. The van der Waals surface area contributed by atoms with Crippen molar-refractivity contribution in [2.24, 2.45) is 0 Å². The zero-order valence-electron chi connectivity index (χ0n) is 15.9. The van der Waals surface area contributed by atoms with E-state index in [-0.39, 0.29) is 10.9 Å². The van der Waals surface area contributed by atoms with Crippen LogP contribution in [0.2, 0.25) is 0 Å². The number of H-pyrrole nitrogens is 1. The Morgan fingerprint density at radius 1 is 1.14 bits per heavy atom. The smallest absolute Gasteiger partial charge is 0.344 e. The van der Waals surface area contributed by atoms with Crippen LogP contribution in [0.4, 0.5) is 0 Å². The van der Waals surface area contributed by atoms with Crippen molar-refractivity contribution in [3.8, 4) is 17.2 Å². The van der Waals surface area contributed by atoms with Gasteiger partial charge in [-0.05, 0) is 36.8 Å². The van der Waals surface area contributed by atoms with E-state index in [9.17, 15) is 4.79 Å². The van der Waals surface area contributed by atoms with Crippen molar-refractivity contribution in [3.63, 3.8) is 0 Å². The Hall–Kier alpha value is -3.33. The van der Waals surface area contributed by atoms with Gasteiger partial charge in [0.25, 0.3) is 0 Å². The van der Waals surface area contributed by atoms with Crippen molar-refractivity contribution < 1.29 is 9.15 Å². The lowest BCUT2D eigenvalue weighted by molar-refractivity contribution is 0.415. The largest absolute Gasteiger partial charge is 0.497 e. The first-order valence-corrected chi connectivity index (χ1v) is 9.85. The van der Waals surface area contributed by atoms with E-state index in [0.29, 0.717) is 23.5 Å². The lowest BCUT2D eigenvalue weighted by Crippen LogP contribution is -2.18. The molecule has 4 rings (SSSR count). The quantitative estimate of drug-likeness (QED) is 0.466. The molecule has 0 radical (unpaired) electrons. The van der Waals surface area contributed by atoms with Gasteiger partial charge in [-0.1, -0.05) is 42.1 Å². The first kappa shape index (κ1) is 19.0. The van der Waals surface area contributed by atoms with E-state index < -0.39 is 0 Å². The summed E-state index contributed by atoms with van der Waals surface area (Å²) in [6, 6.07) is 17.2. The Labute approximate surface area is 170 Å². The highest BCUT2D eigenvalue weighted by molar-refractivity contribution is 7.99. The second-order valence-electron chi connectivity index (χ2n) is 6.32. The number of thioether (sulfide) groups is 1.